The first-order valence-electron chi connectivity index (χ1n) is 14.7. The maximum Gasteiger partial charge on any atom is 0.336 e. The van der Waals surface area contributed by atoms with E-state index in [1.807, 2.05) is 123 Å². The molecule has 0 saturated heterocycles. The van der Waals surface area contributed by atoms with E-state index in [9.17, 15) is 9.90 Å². The zero-order chi connectivity index (χ0) is 31.5. The van der Waals surface area contributed by atoms with E-state index in [0.29, 0.717) is 34.6 Å². The molecular weight excluding hydrogens is 582 g/mol. The standard InChI is InChI=1S/C38H32ClN3O3/c1-24-20-32(21-25(2)36(24)39)45-31-18-15-29(16-19-31)34(22-28-12-8-5-9-13-28)42-37-35(26(3)41-42)33(38(43)44)23-30(40-37)17-14-27-10-6-4-7-11-27/h4-21,23,34H,22H2,1-3H3,(H,43,44)/b17-14+. The third-order valence-electron chi connectivity index (χ3n) is 7.81. The molecule has 0 saturated carbocycles. The second-order valence-corrected chi connectivity index (χ2v) is 11.5. The molecule has 0 spiro atoms. The molecule has 1 N–H and O–H groups in total. The van der Waals surface area contributed by atoms with Crippen LogP contribution in [-0.2, 0) is 6.42 Å². The van der Waals surface area contributed by atoms with Crippen molar-refractivity contribution in [2.24, 2.45) is 0 Å². The van der Waals surface area contributed by atoms with Crippen LogP contribution >= 0.6 is 11.6 Å². The first-order chi connectivity index (χ1) is 21.8. The van der Waals surface area contributed by atoms with Crippen LogP contribution in [0.25, 0.3) is 23.2 Å². The van der Waals surface area contributed by atoms with Crippen molar-refractivity contribution in [1.29, 1.82) is 0 Å². The first kappa shape index (κ1) is 29.9. The van der Waals surface area contributed by atoms with Gasteiger partial charge in [-0.05, 0) is 91.4 Å². The summed E-state index contributed by atoms with van der Waals surface area (Å²) in [6.45, 7) is 5.75. The fourth-order valence-corrected chi connectivity index (χ4v) is 5.70. The highest BCUT2D eigenvalue weighted by Crippen LogP contribution is 2.33. The summed E-state index contributed by atoms with van der Waals surface area (Å²) >= 11 is 6.35. The van der Waals surface area contributed by atoms with Gasteiger partial charge in [0, 0.05) is 5.02 Å². The molecule has 6 rings (SSSR count). The van der Waals surface area contributed by atoms with Crippen LogP contribution < -0.4 is 4.74 Å². The fraction of sp³-hybridized carbons (Fsp3) is 0.132. The summed E-state index contributed by atoms with van der Waals surface area (Å²) in [5.41, 5.74) is 6.87. The molecule has 2 heterocycles. The maximum atomic E-state index is 12.5. The molecule has 6 nitrogen and oxygen atoms in total. The largest absolute Gasteiger partial charge is 0.478 e. The minimum absolute atomic E-state index is 0.173. The van der Waals surface area contributed by atoms with Gasteiger partial charge >= 0.3 is 5.97 Å². The summed E-state index contributed by atoms with van der Waals surface area (Å²) in [5.74, 6) is 0.394. The Bertz CT molecular complexity index is 1990. The molecule has 0 aliphatic rings. The molecular formula is C38H32ClN3O3. The molecule has 224 valence electrons. The van der Waals surface area contributed by atoms with Crippen molar-refractivity contribution in [3.05, 3.63) is 153 Å². The van der Waals surface area contributed by atoms with Gasteiger partial charge in [-0.25, -0.2) is 14.5 Å². The minimum atomic E-state index is -1.02. The highest BCUT2D eigenvalue weighted by molar-refractivity contribution is 6.32. The molecule has 6 aromatic rings. The molecule has 0 aliphatic carbocycles. The molecule has 45 heavy (non-hydrogen) atoms. The second kappa shape index (κ2) is 12.8. The van der Waals surface area contributed by atoms with E-state index < -0.39 is 5.97 Å². The molecule has 0 radical (unpaired) electrons. The maximum absolute atomic E-state index is 12.5. The third kappa shape index (κ3) is 6.52. The van der Waals surface area contributed by atoms with E-state index in [4.69, 9.17) is 26.4 Å². The lowest BCUT2D eigenvalue weighted by Crippen LogP contribution is -2.16. The SMILES string of the molecule is Cc1cc(Oc2ccc(C(Cc3ccccc3)n3nc(C)c4c(C(=O)O)cc(/C=C/c5ccccc5)nc43)cc2)cc(C)c1Cl. The predicted octanol–water partition coefficient (Wildman–Crippen LogP) is 9.50. The number of ether oxygens (including phenoxy) is 1. The summed E-state index contributed by atoms with van der Waals surface area (Å²) < 4.78 is 8.05. The van der Waals surface area contributed by atoms with Crippen molar-refractivity contribution in [2.75, 3.05) is 0 Å². The average molecular weight is 614 g/mol. The number of halogens is 1. The van der Waals surface area contributed by atoms with Crippen LogP contribution in [0.15, 0.2) is 103 Å². The summed E-state index contributed by atoms with van der Waals surface area (Å²) in [7, 11) is 0. The lowest BCUT2D eigenvalue weighted by Gasteiger charge is -2.20. The Kier molecular flexibility index (Phi) is 8.49. The van der Waals surface area contributed by atoms with Gasteiger partial charge in [0.25, 0.3) is 0 Å². The number of nitrogens with zero attached hydrogens (tertiary/aromatic N) is 3. The van der Waals surface area contributed by atoms with Gasteiger partial charge in [-0.2, -0.15) is 5.10 Å². The molecule has 0 fully saturated rings. The Morgan fingerprint density at radius 1 is 0.867 bits per heavy atom. The topological polar surface area (TPSA) is 77.2 Å². The number of hydrogen-bond donors (Lipinski definition) is 1. The minimum Gasteiger partial charge on any atom is -0.478 e. The van der Waals surface area contributed by atoms with Crippen LogP contribution in [-0.4, -0.2) is 25.8 Å². The fourth-order valence-electron chi connectivity index (χ4n) is 5.59. The molecule has 1 atom stereocenters. The summed E-state index contributed by atoms with van der Waals surface area (Å²) in [6, 6.07) is 33.2. The molecule has 7 heteroatoms. The molecule has 0 amide bonds. The van der Waals surface area contributed by atoms with Gasteiger partial charge in [-0.1, -0.05) is 90.5 Å². The van der Waals surface area contributed by atoms with Crippen molar-refractivity contribution in [3.63, 3.8) is 0 Å². The number of carboxylic acid groups (broad SMARTS) is 1. The highest BCUT2D eigenvalue weighted by atomic mass is 35.5. The van der Waals surface area contributed by atoms with Crippen LogP contribution in [0.1, 0.15) is 55.6 Å². The number of aryl methyl sites for hydroxylation is 3. The Labute approximate surface area is 267 Å². The van der Waals surface area contributed by atoms with Crippen molar-refractivity contribution in [1.82, 2.24) is 14.8 Å². The Hall–Kier alpha value is -5.20. The van der Waals surface area contributed by atoms with E-state index in [-0.39, 0.29) is 11.6 Å². The van der Waals surface area contributed by atoms with Gasteiger partial charge in [0.1, 0.15) is 11.5 Å². The van der Waals surface area contributed by atoms with E-state index in [0.717, 1.165) is 38.6 Å². The molecule has 0 aliphatic heterocycles. The van der Waals surface area contributed by atoms with E-state index >= 15 is 0 Å². The Balaban J connectivity index is 1.43. The molecule has 4 aromatic carbocycles. The number of rotatable bonds is 9. The number of carbonyl (C=O) groups is 1. The van der Waals surface area contributed by atoms with E-state index in [2.05, 4.69) is 12.1 Å². The number of benzene rings is 4. The zero-order valence-corrected chi connectivity index (χ0v) is 26.0. The van der Waals surface area contributed by atoms with Crippen molar-refractivity contribution in [2.45, 2.75) is 33.2 Å². The average Bonchev–Trinajstić information content (AvgIpc) is 3.38. The van der Waals surface area contributed by atoms with Gasteiger partial charge < -0.3 is 9.84 Å². The van der Waals surface area contributed by atoms with Crippen LogP contribution in [0.2, 0.25) is 5.02 Å². The Morgan fingerprint density at radius 3 is 2.16 bits per heavy atom. The van der Waals surface area contributed by atoms with Crippen LogP contribution in [0.3, 0.4) is 0 Å². The number of aromatic nitrogens is 3. The van der Waals surface area contributed by atoms with Gasteiger partial charge in [-0.15, -0.1) is 0 Å². The van der Waals surface area contributed by atoms with Gasteiger partial charge in [0.15, 0.2) is 5.65 Å². The monoisotopic (exact) mass is 613 g/mol. The molecule has 1 unspecified atom stereocenters. The lowest BCUT2D eigenvalue weighted by molar-refractivity contribution is 0.0699. The van der Waals surface area contributed by atoms with Crippen LogP contribution in [0.5, 0.6) is 11.5 Å². The number of hydrogen-bond acceptors (Lipinski definition) is 4. The van der Waals surface area contributed by atoms with E-state index in [1.54, 1.807) is 6.07 Å². The highest BCUT2D eigenvalue weighted by Gasteiger charge is 2.24. The van der Waals surface area contributed by atoms with Gasteiger partial charge in [0.2, 0.25) is 0 Å². The second-order valence-electron chi connectivity index (χ2n) is 11.1. The molecule has 2 aromatic heterocycles. The van der Waals surface area contributed by atoms with Crippen molar-refractivity contribution < 1.29 is 14.6 Å². The number of aromatic carboxylic acids is 1. The van der Waals surface area contributed by atoms with Gasteiger partial charge in [0.05, 0.1) is 28.4 Å². The summed E-state index contributed by atoms with van der Waals surface area (Å²) in [5, 5.41) is 16.4. The Morgan fingerprint density at radius 2 is 1.51 bits per heavy atom. The van der Waals surface area contributed by atoms with Crippen molar-refractivity contribution >= 4 is 40.8 Å². The number of fused-ring (bicyclic) bond motifs is 1. The number of carboxylic acids is 1. The smallest absolute Gasteiger partial charge is 0.336 e. The van der Waals surface area contributed by atoms with Crippen LogP contribution in [0, 0.1) is 20.8 Å². The normalized spacial score (nSPS) is 12.1. The number of pyridine rings is 1. The summed E-state index contributed by atoms with van der Waals surface area (Å²) in [4.78, 5) is 17.4. The predicted molar refractivity (Wildman–Crippen MR) is 180 cm³/mol. The van der Waals surface area contributed by atoms with Crippen LogP contribution in [0.4, 0.5) is 0 Å². The third-order valence-corrected chi connectivity index (χ3v) is 8.41. The summed E-state index contributed by atoms with van der Waals surface area (Å²) in [6.07, 6.45) is 4.39. The molecule has 0 bridgehead atoms. The lowest BCUT2D eigenvalue weighted by atomic mass is 9.98. The quantitative estimate of drug-likeness (QED) is 0.176. The first-order valence-corrected chi connectivity index (χ1v) is 15.1. The van der Waals surface area contributed by atoms with Crippen molar-refractivity contribution in [3.8, 4) is 11.5 Å². The van der Waals surface area contributed by atoms with E-state index in [1.165, 1.54) is 0 Å². The zero-order valence-electron chi connectivity index (χ0n) is 25.2. The van der Waals surface area contributed by atoms with Gasteiger partial charge in [-0.3, -0.25) is 0 Å².